The van der Waals surface area contributed by atoms with Crippen molar-refractivity contribution in [1.82, 2.24) is 0 Å². The van der Waals surface area contributed by atoms with Gasteiger partial charge in [0.1, 0.15) is 11.6 Å². The molecule has 4 heteroatoms. The summed E-state index contributed by atoms with van der Waals surface area (Å²) in [7, 11) is 0. The molecule has 1 nitrogen and oxygen atoms in total. The maximum atomic E-state index is 12.8. The molecule has 66 valence electrons. The van der Waals surface area contributed by atoms with Crippen LogP contribution in [0.25, 0.3) is 0 Å². The SMILES string of the molecule is C[C@H](O)c1cc(F)cc(F)c1Br. The standard InChI is InChI=1S/C8H7BrF2O/c1-4(12)6-2-5(10)3-7(11)8(6)9/h2-4,12H,1H3/t4-/m0/s1. The monoisotopic (exact) mass is 236 g/mol. The zero-order valence-electron chi connectivity index (χ0n) is 6.31. The highest BCUT2D eigenvalue weighted by Gasteiger charge is 2.12. The minimum absolute atomic E-state index is 0.110. The van der Waals surface area contributed by atoms with Crippen LogP contribution in [0.15, 0.2) is 16.6 Å². The summed E-state index contributed by atoms with van der Waals surface area (Å²) in [5, 5.41) is 9.09. The van der Waals surface area contributed by atoms with E-state index in [1.54, 1.807) is 0 Å². The Morgan fingerprint density at radius 2 is 2.00 bits per heavy atom. The molecule has 1 atom stereocenters. The summed E-state index contributed by atoms with van der Waals surface area (Å²) >= 11 is 2.91. The highest BCUT2D eigenvalue weighted by molar-refractivity contribution is 9.10. The maximum absolute atomic E-state index is 12.8. The van der Waals surface area contributed by atoms with E-state index in [1.165, 1.54) is 6.92 Å². The van der Waals surface area contributed by atoms with Crippen molar-refractivity contribution in [3.63, 3.8) is 0 Å². The Kier molecular flexibility index (Phi) is 2.80. The lowest BCUT2D eigenvalue weighted by molar-refractivity contribution is 0.197. The first-order valence-electron chi connectivity index (χ1n) is 3.35. The molecule has 12 heavy (non-hydrogen) atoms. The van der Waals surface area contributed by atoms with Gasteiger partial charge in [-0.25, -0.2) is 8.78 Å². The normalized spacial score (nSPS) is 13.1. The zero-order valence-corrected chi connectivity index (χ0v) is 7.90. The molecule has 1 rings (SSSR count). The van der Waals surface area contributed by atoms with Crippen LogP contribution in [-0.4, -0.2) is 5.11 Å². The molecule has 0 aromatic heterocycles. The van der Waals surface area contributed by atoms with Crippen LogP contribution in [-0.2, 0) is 0 Å². The summed E-state index contributed by atoms with van der Waals surface area (Å²) in [5.41, 5.74) is 0.215. The van der Waals surface area contributed by atoms with Gasteiger partial charge in [-0.2, -0.15) is 0 Å². The average molecular weight is 237 g/mol. The van der Waals surface area contributed by atoms with E-state index in [0.29, 0.717) is 0 Å². The molecule has 0 spiro atoms. The van der Waals surface area contributed by atoms with Crippen molar-refractivity contribution >= 4 is 15.9 Å². The van der Waals surface area contributed by atoms with E-state index in [1.807, 2.05) is 0 Å². The van der Waals surface area contributed by atoms with Gasteiger partial charge in [-0.3, -0.25) is 0 Å². The maximum Gasteiger partial charge on any atom is 0.140 e. The number of aliphatic hydroxyl groups is 1. The summed E-state index contributed by atoms with van der Waals surface area (Å²) in [4.78, 5) is 0. The van der Waals surface area contributed by atoms with Gasteiger partial charge in [-0.1, -0.05) is 0 Å². The van der Waals surface area contributed by atoms with Gasteiger partial charge >= 0.3 is 0 Å². The Balaban J connectivity index is 3.28. The molecule has 0 saturated heterocycles. The average Bonchev–Trinajstić information content (AvgIpc) is 1.96. The first kappa shape index (κ1) is 9.61. The van der Waals surface area contributed by atoms with Gasteiger partial charge in [0.05, 0.1) is 10.6 Å². The van der Waals surface area contributed by atoms with Crippen molar-refractivity contribution in [2.75, 3.05) is 0 Å². The van der Waals surface area contributed by atoms with Crippen LogP contribution >= 0.6 is 15.9 Å². The second kappa shape index (κ2) is 3.49. The lowest BCUT2D eigenvalue weighted by Gasteiger charge is -2.07. The fourth-order valence-electron chi connectivity index (χ4n) is 0.880. The van der Waals surface area contributed by atoms with Crippen LogP contribution < -0.4 is 0 Å². The summed E-state index contributed by atoms with van der Waals surface area (Å²) in [6, 6.07) is 1.85. The number of benzene rings is 1. The van der Waals surface area contributed by atoms with Crippen LogP contribution in [0.3, 0.4) is 0 Å². The van der Waals surface area contributed by atoms with Crippen molar-refractivity contribution < 1.29 is 13.9 Å². The Labute approximate surface area is 77.2 Å². The van der Waals surface area contributed by atoms with Crippen molar-refractivity contribution in [1.29, 1.82) is 0 Å². The molecule has 0 heterocycles. The molecule has 0 unspecified atom stereocenters. The van der Waals surface area contributed by atoms with Gasteiger partial charge in [-0.15, -0.1) is 0 Å². The lowest BCUT2D eigenvalue weighted by Crippen LogP contribution is -1.96. The molecule has 0 aliphatic rings. The predicted molar refractivity (Wildman–Crippen MR) is 44.7 cm³/mol. The first-order chi connectivity index (χ1) is 5.52. The molecule has 0 saturated carbocycles. The molecule has 0 aliphatic heterocycles. The number of hydrogen-bond donors (Lipinski definition) is 1. The second-order valence-electron chi connectivity index (χ2n) is 2.47. The third-order valence-corrected chi connectivity index (χ3v) is 2.31. The fourth-order valence-corrected chi connectivity index (χ4v) is 1.44. The Morgan fingerprint density at radius 1 is 1.42 bits per heavy atom. The number of aliphatic hydroxyl groups excluding tert-OH is 1. The number of halogens is 3. The molecule has 1 aromatic carbocycles. The van der Waals surface area contributed by atoms with Crippen LogP contribution in [0.1, 0.15) is 18.6 Å². The van der Waals surface area contributed by atoms with E-state index < -0.39 is 17.7 Å². The topological polar surface area (TPSA) is 20.2 Å². The van der Waals surface area contributed by atoms with Crippen molar-refractivity contribution in [2.24, 2.45) is 0 Å². The minimum Gasteiger partial charge on any atom is -0.389 e. The molecular formula is C8H7BrF2O. The Bertz CT molecular complexity index is 299. The van der Waals surface area contributed by atoms with E-state index >= 15 is 0 Å². The molecule has 0 bridgehead atoms. The van der Waals surface area contributed by atoms with E-state index in [0.717, 1.165) is 12.1 Å². The van der Waals surface area contributed by atoms with Crippen LogP contribution in [0.2, 0.25) is 0 Å². The van der Waals surface area contributed by atoms with Crippen LogP contribution in [0.4, 0.5) is 8.78 Å². The summed E-state index contributed by atoms with van der Waals surface area (Å²) < 4.78 is 25.5. The molecule has 1 N–H and O–H groups in total. The van der Waals surface area contributed by atoms with E-state index in [2.05, 4.69) is 15.9 Å². The van der Waals surface area contributed by atoms with E-state index in [9.17, 15) is 8.78 Å². The quantitative estimate of drug-likeness (QED) is 0.744. The molecule has 0 amide bonds. The van der Waals surface area contributed by atoms with E-state index in [4.69, 9.17) is 5.11 Å². The van der Waals surface area contributed by atoms with Gasteiger partial charge in [0.2, 0.25) is 0 Å². The Hall–Kier alpha value is -0.480. The molecule has 0 radical (unpaired) electrons. The highest BCUT2D eigenvalue weighted by atomic mass is 79.9. The first-order valence-corrected chi connectivity index (χ1v) is 4.14. The highest BCUT2D eigenvalue weighted by Crippen LogP contribution is 2.26. The molecule has 0 fully saturated rings. The molecule has 1 aromatic rings. The largest absolute Gasteiger partial charge is 0.389 e. The number of rotatable bonds is 1. The summed E-state index contributed by atoms with van der Waals surface area (Å²) in [5.74, 6) is -1.39. The Morgan fingerprint density at radius 3 is 2.50 bits per heavy atom. The fraction of sp³-hybridized carbons (Fsp3) is 0.250. The van der Waals surface area contributed by atoms with Gasteiger partial charge in [-0.05, 0) is 28.9 Å². The molecule has 0 aliphatic carbocycles. The van der Waals surface area contributed by atoms with Gasteiger partial charge in [0.25, 0.3) is 0 Å². The van der Waals surface area contributed by atoms with Crippen molar-refractivity contribution in [2.45, 2.75) is 13.0 Å². The predicted octanol–water partition coefficient (Wildman–Crippen LogP) is 2.78. The smallest absolute Gasteiger partial charge is 0.140 e. The van der Waals surface area contributed by atoms with Crippen LogP contribution in [0, 0.1) is 11.6 Å². The van der Waals surface area contributed by atoms with Crippen LogP contribution in [0.5, 0.6) is 0 Å². The molecular weight excluding hydrogens is 230 g/mol. The zero-order chi connectivity index (χ0) is 9.30. The van der Waals surface area contributed by atoms with Gasteiger partial charge < -0.3 is 5.11 Å². The third-order valence-electron chi connectivity index (χ3n) is 1.47. The lowest BCUT2D eigenvalue weighted by atomic mass is 10.1. The summed E-state index contributed by atoms with van der Waals surface area (Å²) in [6.45, 7) is 1.44. The number of hydrogen-bond acceptors (Lipinski definition) is 1. The van der Waals surface area contributed by atoms with E-state index in [-0.39, 0.29) is 10.0 Å². The van der Waals surface area contributed by atoms with Gasteiger partial charge in [0, 0.05) is 11.6 Å². The van der Waals surface area contributed by atoms with Gasteiger partial charge in [0.15, 0.2) is 0 Å². The van der Waals surface area contributed by atoms with Crippen molar-refractivity contribution in [3.8, 4) is 0 Å². The minimum atomic E-state index is -0.885. The second-order valence-corrected chi connectivity index (χ2v) is 3.26. The summed E-state index contributed by atoms with van der Waals surface area (Å²) in [6.07, 6.45) is -0.885. The van der Waals surface area contributed by atoms with Crippen molar-refractivity contribution in [3.05, 3.63) is 33.8 Å². The third kappa shape index (κ3) is 1.81.